The summed E-state index contributed by atoms with van der Waals surface area (Å²) in [5, 5.41) is 1.59. The molecule has 5 aromatic carbocycles. The Labute approximate surface area is 336 Å². The number of pyridine rings is 2. The van der Waals surface area contributed by atoms with E-state index in [1.54, 1.807) is 18.3 Å². The van der Waals surface area contributed by atoms with Crippen LogP contribution in [0.4, 0.5) is 4.39 Å². The third kappa shape index (κ3) is 6.19. The van der Waals surface area contributed by atoms with E-state index >= 15 is 0 Å². The van der Waals surface area contributed by atoms with E-state index in [1.807, 2.05) is 66.7 Å². The molecular formula is C46H34BFIrN2O3-2. The Kier molecular flexibility index (Phi) is 7.33. The largest absolute Gasteiger partial charge is 0.501 e. The van der Waals surface area contributed by atoms with Gasteiger partial charge in [-0.1, -0.05) is 73.7 Å². The van der Waals surface area contributed by atoms with E-state index < -0.39 is 13.7 Å². The molecule has 5 nitrogen and oxygen atoms in total. The topological polar surface area (TPSA) is 57.4 Å². The van der Waals surface area contributed by atoms with Crippen molar-refractivity contribution in [1.29, 1.82) is 0 Å². The fourth-order valence-corrected chi connectivity index (χ4v) is 7.00. The Morgan fingerprint density at radius 1 is 0.741 bits per heavy atom. The number of nitrogens with zero attached hydrogens (tertiary/aromatic N) is 2. The fourth-order valence-electron chi connectivity index (χ4n) is 7.00. The Bertz CT molecular complexity index is 2950. The molecule has 1 radical (unpaired) electrons. The average molecular weight is 891 g/mol. The van der Waals surface area contributed by atoms with Crippen LogP contribution in [-0.2, 0) is 25.5 Å². The molecule has 267 valence electrons. The molecule has 2 aliphatic rings. The second-order valence-electron chi connectivity index (χ2n) is 14.1. The van der Waals surface area contributed by atoms with Gasteiger partial charge in [-0.2, -0.15) is 0 Å². The molecular weight excluding hydrogens is 851 g/mol. The summed E-state index contributed by atoms with van der Waals surface area (Å²) in [7, 11) is 0. The summed E-state index contributed by atoms with van der Waals surface area (Å²) in [5.41, 5.74) is 7.07. The predicted molar refractivity (Wildman–Crippen MR) is 210 cm³/mol. The van der Waals surface area contributed by atoms with Gasteiger partial charge < -0.3 is 23.9 Å². The Balaban J connectivity index is 0.000000234. The zero-order chi connectivity index (χ0) is 41.4. The quantitative estimate of drug-likeness (QED) is 0.128. The first kappa shape index (κ1) is 28.9. The van der Waals surface area contributed by atoms with Crippen LogP contribution >= 0.6 is 0 Å². The molecule has 8 aromatic rings. The van der Waals surface area contributed by atoms with Gasteiger partial charge in [0.15, 0.2) is 0 Å². The van der Waals surface area contributed by atoms with Crippen LogP contribution < -0.4 is 25.9 Å². The molecule has 54 heavy (non-hydrogen) atoms. The van der Waals surface area contributed by atoms with Gasteiger partial charge in [-0.3, -0.25) is 4.39 Å². The van der Waals surface area contributed by atoms with Crippen LogP contribution in [0.1, 0.15) is 45.7 Å². The molecule has 0 saturated carbocycles. The number of aryl methyl sites for hydroxylation is 2. The summed E-state index contributed by atoms with van der Waals surface area (Å²) < 4.78 is 79.2. The van der Waals surface area contributed by atoms with Crippen molar-refractivity contribution in [1.82, 2.24) is 9.97 Å². The van der Waals surface area contributed by atoms with Crippen molar-refractivity contribution in [2.75, 3.05) is 0 Å². The zero-order valence-corrected chi connectivity index (χ0v) is 31.8. The van der Waals surface area contributed by atoms with Crippen LogP contribution in [0.3, 0.4) is 0 Å². The van der Waals surface area contributed by atoms with E-state index in [0.717, 1.165) is 61.9 Å². The number of rotatable bonds is 2. The number of aromatic nitrogens is 2. The number of hydrogen-bond donors (Lipinski definition) is 0. The summed E-state index contributed by atoms with van der Waals surface area (Å²) >= 11 is 0. The van der Waals surface area contributed by atoms with Gasteiger partial charge >= 0.3 is 0 Å². The minimum atomic E-state index is -2.65. The fraction of sp³-hybridized carbons (Fsp3) is 0.130. The average Bonchev–Trinajstić information content (AvgIpc) is 3.57. The van der Waals surface area contributed by atoms with Crippen LogP contribution in [0, 0.1) is 31.7 Å². The number of fused-ring (bicyclic) bond motifs is 7. The van der Waals surface area contributed by atoms with Crippen LogP contribution in [0.2, 0.25) is 0 Å². The first-order valence-electron chi connectivity index (χ1n) is 20.2. The molecule has 0 bridgehead atoms. The summed E-state index contributed by atoms with van der Waals surface area (Å²) in [6.45, 7) is 1.07. The maximum Gasteiger partial charge on any atom is 0.260 e. The van der Waals surface area contributed by atoms with E-state index in [2.05, 4.69) is 48.9 Å². The summed E-state index contributed by atoms with van der Waals surface area (Å²) in [5.74, 6) is 2.70. The van der Waals surface area contributed by atoms with Gasteiger partial charge in [0, 0.05) is 57.4 Å². The van der Waals surface area contributed by atoms with Crippen molar-refractivity contribution >= 4 is 45.0 Å². The SMILES string of the molecule is CC(C)(C)c1ccnc(-c2[c-]cc(F)cc2)c1.[2H]C([2H])([2H])c1cnc(-c2[c-]ccc3c2oc2cc4c(cc23)Oc2cccc3c2B4c2ccccc2O3)cc1C([2H])([2H])[2H].[Ir]. The third-order valence-corrected chi connectivity index (χ3v) is 9.70. The molecule has 0 N–H and O–H groups in total. The van der Waals surface area contributed by atoms with Gasteiger partial charge in [0.2, 0.25) is 0 Å². The third-order valence-electron chi connectivity index (χ3n) is 9.70. The number of benzene rings is 5. The van der Waals surface area contributed by atoms with E-state index in [0.29, 0.717) is 22.5 Å². The van der Waals surface area contributed by atoms with E-state index in [1.165, 1.54) is 23.8 Å². The standard InChI is InChI=1S/C31H19BNO3.C15H15FN.Ir/c1-17-13-24(33-16-18(17)2)20-8-5-7-19-21-14-29-23(15-28(21)36-31(19)20)32-22-9-3-4-10-25(22)34-26-11-6-12-27(35-29)30(26)32;1-15(2,3)12-8-9-17-14(10-12)11-4-6-13(16)7-5-11;/h3-7,9-16H,1-2H3;4,6-10H,1-3H3;/q2*-1;/i1D3,2D3;;. The van der Waals surface area contributed by atoms with Crippen molar-refractivity contribution in [3.63, 3.8) is 0 Å². The number of ether oxygens (including phenoxy) is 2. The molecule has 2 aliphatic heterocycles. The molecule has 0 saturated heterocycles. The van der Waals surface area contributed by atoms with Gasteiger partial charge in [0.1, 0.15) is 28.6 Å². The molecule has 5 heterocycles. The van der Waals surface area contributed by atoms with Crippen LogP contribution in [0.25, 0.3) is 44.5 Å². The molecule has 0 aliphatic carbocycles. The molecule has 3 aromatic heterocycles. The van der Waals surface area contributed by atoms with Crippen molar-refractivity contribution in [3.8, 4) is 45.5 Å². The van der Waals surface area contributed by atoms with Gasteiger partial charge in [-0.25, -0.2) is 0 Å². The minimum absolute atomic E-state index is 0. The molecule has 0 fully saturated rings. The Morgan fingerprint density at radius 2 is 1.54 bits per heavy atom. The maximum absolute atomic E-state index is 12.8. The van der Waals surface area contributed by atoms with Gasteiger partial charge in [0.05, 0.1) is 5.58 Å². The van der Waals surface area contributed by atoms with E-state index in [4.69, 9.17) is 22.1 Å². The molecule has 10 rings (SSSR count). The summed E-state index contributed by atoms with van der Waals surface area (Å²) in [4.78, 5) is 8.64. The molecule has 0 spiro atoms. The maximum atomic E-state index is 12.8. The number of halogens is 1. The molecule has 0 amide bonds. The van der Waals surface area contributed by atoms with E-state index in [9.17, 15) is 4.39 Å². The summed E-state index contributed by atoms with van der Waals surface area (Å²) in [6.07, 6.45) is 2.90. The van der Waals surface area contributed by atoms with Crippen molar-refractivity contribution in [3.05, 3.63) is 150 Å². The second-order valence-corrected chi connectivity index (χ2v) is 14.1. The monoisotopic (exact) mass is 891 g/mol. The smallest absolute Gasteiger partial charge is 0.260 e. The van der Waals surface area contributed by atoms with Crippen LogP contribution in [-0.4, -0.2) is 16.7 Å². The van der Waals surface area contributed by atoms with Crippen molar-refractivity contribution in [2.24, 2.45) is 0 Å². The van der Waals surface area contributed by atoms with Gasteiger partial charge in [-0.15, -0.1) is 48.0 Å². The van der Waals surface area contributed by atoms with E-state index in [-0.39, 0.29) is 54.9 Å². The van der Waals surface area contributed by atoms with Crippen LogP contribution in [0.15, 0.2) is 120 Å². The van der Waals surface area contributed by atoms with Crippen LogP contribution in [0.5, 0.6) is 23.0 Å². The molecule has 0 unspecified atom stereocenters. The Morgan fingerprint density at radius 3 is 2.31 bits per heavy atom. The normalized spacial score (nSPS) is 14.5. The minimum Gasteiger partial charge on any atom is -0.501 e. The number of hydrogen-bond acceptors (Lipinski definition) is 5. The van der Waals surface area contributed by atoms with Crippen molar-refractivity contribution < 1.29 is 46.6 Å². The zero-order valence-electron chi connectivity index (χ0n) is 35.4. The summed E-state index contributed by atoms with van der Waals surface area (Å²) in [6, 6.07) is 37.1. The predicted octanol–water partition coefficient (Wildman–Crippen LogP) is 9.78. The van der Waals surface area contributed by atoms with Gasteiger partial charge in [0.25, 0.3) is 6.71 Å². The second kappa shape index (κ2) is 13.7. The number of para-hydroxylation sites is 1. The Hall–Kier alpha value is -5.56. The first-order valence-corrected chi connectivity index (χ1v) is 17.2. The van der Waals surface area contributed by atoms with Crippen molar-refractivity contribution in [2.45, 2.75) is 39.9 Å². The number of furan rings is 1. The first-order chi connectivity index (χ1) is 28.0. The molecule has 0 atom stereocenters. The molecule has 8 heteroatoms. The van der Waals surface area contributed by atoms with Gasteiger partial charge in [-0.05, 0) is 89.0 Å².